The summed E-state index contributed by atoms with van der Waals surface area (Å²) in [6.45, 7) is 0. The van der Waals surface area contributed by atoms with Crippen LogP contribution in [0.4, 0.5) is 5.69 Å². The fourth-order valence-electron chi connectivity index (χ4n) is 4.13. The number of methoxy groups -OCH3 is 2. The molecule has 0 bridgehead atoms. The van der Waals surface area contributed by atoms with E-state index in [0.29, 0.717) is 0 Å². The van der Waals surface area contributed by atoms with Gasteiger partial charge in [0.1, 0.15) is 17.2 Å². The average molecular weight is 445 g/mol. The number of esters is 1. The number of benzene rings is 3. The zero-order valence-corrected chi connectivity index (χ0v) is 18.3. The number of nitro groups is 1. The lowest BCUT2D eigenvalue weighted by Gasteiger charge is -2.19. The Hall–Kier alpha value is -4.13. The van der Waals surface area contributed by atoms with Crippen molar-refractivity contribution in [2.45, 2.75) is 11.8 Å². The van der Waals surface area contributed by atoms with Crippen molar-refractivity contribution in [2.75, 3.05) is 14.2 Å². The number of hydrogen-bond donors (Lipinski definition) is 0. The van der Waals surface area contributed by atoms with Gasteiger partial charge in [-0.2, -0.15) is 0 Å². The van der Waals surface area contributed by atoms with Gasteiger partial charge in [0.2, 0.25) is 0 Å². The molecule has 0 spiro atoms. The molecule has 0 unspecified atom stereocenters. The van der Waals surface area contributed by atoms with E-state index in [9.17, 15) is 14.9 Å². The molecule has 0 N–H and O–H groups in total. The first-order chi connectivity index (χ1) is 16.0. The van der Waals surface area contributed by atoms with Crippen molar-refractivity contribution >= 4 is 11.7 Å². The third kappa shape index (κ3) is 4.57. The smallest absolute Gasteiger partial charge is 0.335 e. The number of non-ortho nitro benzene ring substituents is 1. The summed E-state index contributed by atoms with van der Waals surface area (Å²) in [5.74, 6) is 1.31. The lowest BCUT2D eigenvalue weighted by Crippen LogP contribution is -2.12. The van der Waals surface area contributed by atoms with E-state index in [0.717, 1.165) is 29.0 Å². The molecule has 1 saturated carbocycles. The summed E-state index contributed by atoms with van der Waals surface area (Å²) in [4.78, 5) is 22.6. The molecule has 0 amide bonds. The first kappa shape index (κ1) is 22.1. The highest BCUT2D eigenvalue weighted by atomic mass is 16.6. The molecule has 33 heavy (non-hydrogen) atoms. The molecule has 0 radical (unpaired) electrons. The maximum absolute atomic E-state index is 12.4. The van der Waals surface area contributed by atoms with E-state index in [4.69, 9.17) is 14.2 Å². The number of hydrogen-bond acceptors (Lipinski definition) is 6. The molecule has 1 aliphatic rings. The predicted octanol–water partition coefficient (Wildman–Crippen LogP) is 5.08. The van der Waals surface area contributed by atoms with Crippen LogP contribution in [0.1, 0.15) is 17.5 Å². The number of carbonyl (C=O) groups is 1. The van der Waals surface area contributed by atoms with Crippen molar-refractivity contribution < 1.29 is 23.9 Å². The molecule has 168 valence electrons. The zero-order chi connectivity index (χ0) is 23.4. The average Bonchev–Trinajstić information content (AvgIpc) is 3.59. The van der Waals surface area contributed by atoms with Crippen molar-refractivity contribution in [2.24, 2.45) is 5.92 Å². The molecule has 0 aromatic heterocycles. The molecule has 1 fully saturated rings. The van der Waals surface area contributed by atoms with E-state index >= 15 is 0 Å². The maximum Gasteiger partial charge on any atom is 0.335 e. The summed E-state index contributed by atoms with van der Waals surface area (Å²) in [6.07, 6.45) is 4.08. The standard InChI is InChI=1S/C26H23NO6/c1-31-23-7-3-5-18(15-23)26(19-6-4-8-24(16-19)32-2)17-20(26)9-14-25(28)33-22-12-10-21(11-13-22)27(29)30/h3-16,20H,17H2,1-2H3/t20-/m1/s1. The van der Waals surface area contributed by atoms with Gasteiger partial charge in [-0.1, -0.05) is 30.3 Å². The maximum atomic E-state index is 12.4. The fourth-order valence-corrected chi connectivity index (χ4v) is 4.13. The van der Waals surface area contributed by atoms with E-state index in [1.165, 1.54) is 30.3 Å². The zero-order valence-electron chi connectivity index (χ0n) is 18.3. The first-order valence-electron chi connectivity index (χ1n) is 10.4. The minimum Gasteiger partial charge on any atom is -0.497 e. The number of allylic oxidation sites excluding steroid dienone is 1. The topological polar surface area (TPSA) is 87.9 Å². The molecule has 7 heteroatoms. The summed E-state index contributed by atoms with van der Waals surface area (Å²) in [7, 11) is 3.27. The van der Waals surface area contributed by atoms with E-state index in [2.05, 4.69) is 12.1 Å². The normalized spacial score (nSPS) is 16.2. The van der Waals surface area contributed by atoms with E-state index in [1.54, 1.807) is 14.2 Å². The Balaban J connectivity index is 1.56. The third-order valence-electron chi connectivity index (χ3n) is 5.92. The molecule has 0 heterocycles. The Morgan fingerprint density at radius 1 is 0.939 bits per heavy atom. The molecule has 0 saturated heterocycles. The highest BCUT2D eigenvalue weighted by Gasteiger charge is 2.55. The first-order valence-corrected chi connectivity index (χ1v) is 10.4. The van der Waals surface area contributed by atoms with Crippen LogP contribution in [0, 0.1) is 16.0 Å². The summed E-state index contributed by atoms with van der Waals surface area (Å²) in [5.41, 5.74) is 1.80. The van der Waals surface area contributed by atoms with Gasteiger partial charge in [-0.05, 0) is 59.9 Å². The summed E-state index contributed by atoms with van der Waals surface area (Å²) < 4.78 is 16.1. The highest BCUT2D eigenvalue weighted by molar-refractivity contribution is 5.84. The molecule has 1 atom stereocenters. The molecule has 4 rings (SSSR count). The Bertz CT molecular complexity index is 1150. The van der Waals surface area contributed by atoms with Gasteiger partial charge in [-0.15, -0.1) is 0 Å². The van der Waals surface area contributed by atoms with Crippen LogP contribution in [0.2, 0.25) is 0 Å². The van der Waals surface area contributed by atoms with Crippen LogP contribution in [0.15, 0.2) is 84.9 Å². The van der Waals surface area contributed by atoms with Crippen molar-refractivity contribution in [3.8, 4) is 17.2 Å². The van der Waals surface area contributed by atoms with Crippen molar-refractivity contribution in [1.29, 1.82) is 0 Å². The molecule has 3 aromatic carbocycles. The highest BCUT2D eigenvalue weighted by Crippen LogP contribution is 2.60. The van der Waals surface area contributed by atoms with Crippen LogP contribution in [0.25, 0.3) is 0 Å². The quantitative estimate of drug-likeness (QED) is 0.158. The lowest BCUT2D eigenvalue weighted by molar-refractivity contribution is -0.384. The summed E-state index contributed by atoms with van der Waals surface area (Å²) >= 11 is 0. The summed E-state index contributed by atoms with van der Waals surface area (Å²) in [5, 5.41) is 10.8. The number of nitrogens with zero attached hydrogens (tertiary/aromatic N) is 1. The van der Waals surface area contributed by atoms with Gasteiger partial charge in [-0.25, -0.2) is 4.79 Å². The summed E-state index contributed by atoms with van der Waals surface area (Å²) in [6, 6.07) is 21.3. The monoisotopic (exact) mass is 445 g/mol. The van der Waals surface area contributed by atoms with E-state index < -0.39 is 10.9 Å². The second-order valence-corrected chi connectivity index (χ2v) is 7.78. The van der Waals surface area contributed by atoms with Crippen LogP contribution in [-0.2, 0) is 10.2 Å². The number of ether oxygens (including phenoxy) is 3. The molecule has 0 aliphatic heterocycles. The molecular formula is C26H23NO6. The van der Waals surface area contributed by atoms with Crippen LogP contribution in [-0.4, -0.2) is 25.1 Å². The van der Waals surface area contributed by atoms with E-state index in [1.807, 2.05) is 42.5 Å². The van der Waals surface area contributed by atoms with Crippen LogP contribution >= 0.6 is 0 Å². The Kier molecular flexibility index (Phi) is 6.13. The number of rotatable bonds is 8. The Morgan fingerprint density at radius 2 is 1.52 bits per heavy atom. The van der Waals surface area contributed by atoms with Crippen LogP contribution in [0.5, 0.6) is 17.2 Å². The third-order valence-corrected chi connectivity index (χ3v) is 5.92. The predicted molar refractivity (Wildman–Crippen MR) is 123 cm³/mol. The molecule has 7 nitrogen and oxygen atoms in total. The molecular weight excluding hydrogens is 422 g/mol. The van der Waals surface area contributed by atoms with Gasteiger partial charge in [0.15, 0.2) is 0 Å². The van der Waals surface area contributed by atoms with Gasteiger partial charge < -0.3 is 14.2 Å². The van der Waals surface area contributed by atoms with Crippen LogP contribution < -0.4 is 14.2 Å². The number of nitro benzene ring substituents is 1. The van der Waals surface area contributed by atoms with Crippen LogP contribution in [0.3, 0.4) is 0 Å². The minimum absolute atomic E-state index is 0.0651. The fraction of sp³-hybridized carbons (Fsp3) is 0.192. The van der Waals surface area contributed by atoms with Gasteiger partial charge >= 0.3 is 5.97 Å². The van der Waals surface area contributed by atoms with Gasteiger partial charge in [0.25, 0.3) is 5.69 Å². The molecule has 3 aromatic rings. The van der Waals surface area contributed by atoms with Crippen molar-refractivity contribution in [3.63, 3.8) is 0 Å². The minimum atomic E-state index is -0.541. The van der Waals surface area contributed by atoms with Gasteiger partial charge in [-0.3, -0.25) is 10.1 Å². The second-order valence-electron chi connectivity index (χ2n) is 7.78. The number of carbonyl (C=O) groups excluding carboxylic acids is 1. The van der Waals surface area contributed by atoms with Crippen molar-refractivity contribution in [3.05, 3.63) is 106 Å². The van der Waals surface area contributed by atoms with Crippen molar-refractivity contribution in [1.82, 2.24) is 0 Å². The SMILES string of the molecule is COc1cccc(C2(c3cccc(OC)c3)C[C@H]2C=CC(=O)Oc2ccc([N+](=O)[O-])cc2)c1. The van der Waals surface area contributed by atoms with E-state index in [-0.39, 0.29) is 22.8 Å². The Labute approximate surface area is 191 Å². The second kappa shape index (κ2) is 9.16. The largest absolute Gasteiger partial charge is 0.497 e. The van der Waals surface area contributed by atoms with Gasteiger partial charge in [0.05, 0.1) is 19.1 Å². The lowest BCUT2D eigenvalue weighted by atomic mass is 9.85. The molecule has 1 aliphatic carbocycles. The Morgan fingerprint density at radius 3 is 2.03 bits per heavy atom. The van der Waals surface area contributed by atoms with Gasteiger partial charge in [0, 0.05) is 23.6 Å².